The van der Waals surface area contributed by atoms with Crippen LogP contribution in [-0.4, -0.2) is 9.55 Å². The third-order valence-electron chi connectivity index (χ3n) is 2.36. The van der Waals surface area contributed by atoms with E-state index in [1.54, 1.807) is 18.3 Å². The van der Waals surface area contributed by atoms with Crippen LogP contribution in [0.15, 0.2) is 30.6 Å². The van der Waals surface area contributed by atoms with E-state index in [0.29, 0.717) is 10.0 Å². The second kappa shape index (κ2) is 5.43. The molecule has 0 unspecified atom stereocenters. The van der Waals surface area contributed by atoms with Gasteiger partial charge in [0.2, 0.25) is 5.95 Å². The van der Waals surface area contributed by atoms with Crippen LogP contribution in [0.25, 0.3) is 0 Å². The minimum absolute atomic E-state index is 0.587. The number of rotatable bonds is 4. The second-order valence-corrected chi connectivity index (χ2v) is 4.54. The predicted molar refractivity (Wildman–Crippen MR) is 72.3 cm³/mol. The molecule has 0 radical (unpaired) electrons. The lowest BCUT2D eigenvalue weighted by atomic mass is 10.3. The molecule has 0 aliphatic heterocycles. The molecule has 17 heavy (non-hydrogen) atoms. The molecule has 90 valence electrons. The van der Waals surface area contributed by atoms with E-state index in [-0.39, 0.29) is 0 Å². The first-order chi connectivity index (χ1) is 8.20. The van der Waals surface area contributed by atoms with Crippen LogP contribution in [0.3, 0.4) is 0 Å². The highest BCUT2D eigenvalue weighted by molar-refractivity contribution is 6.36. The van der Waals surface area contributed by atoms with E-state index in [9.17, 15) is 0 Å². The molecule has 0 spiro atoms. The average Bonchev–Trinajstić information content (AvgIpc) is 2.71. The number of anilines is 2. The molecular weight excluding hydrogens is 257 g/mol. The number of halogens is 2. The number of nitrogens with one attached hydrogen (secondary N) is 1. The van der Waals surface area contributed by atoms with Gasteiger partial charge in [0.1, 0.15) is 0 Å². The van der Waals surface area contributed by atoms with E-state index < -0.39 is 0 Å². The van der Waals surface area contributed by atoms with Gasteiger partial charge in [-0.25, -0.2) is 4.98 Å². The Balaban J connectivity index is 2.22. The molecular formula is C12H13Cl2N3. The number of nitrogens with zero attached hydrogens (tertiary/aromatic N) is 2. The minimum Gasteiger partial charge on any atom is -0.324 e. The summed E-state index contributed by atoms with van der Waals surface area (Å²) < 4.78 is 2.05. The number of hydrogen-bond donors (Lipinski definition) is 1. The summed E-state index contributed by atoms with van der Waals surface area (Å²) >= 11 is 11.9. The molecule has 2 rings (SSSR count). The maximum Gasteiger partial charge on any atom is 0.207 e. The van der Waals surface area contributed by atoms with Crippen molar-refractivity contribution in [1.29, 1.82) is 0 Å². The predicted octanol–water partition coefficient (Wildman–Crippen LogP) is 4.34. The fourth-order valence-electron chi connectivity index (χ4n) is 1.57. The van der Waals surface area contributed by atoms with E-state index in [0.717, 1.165) is 24.6 Å². The molecule has 2 aromatic rings. The lowest BCUT2D eigenvalue weighted by molar-refractivity contribution is 0.686. The van der Waals surface area contributed by atoms with Crippen molar-refractivity contribution in [1.82, 2.24) is 9.55 Å². The van der Waals surface area contributed by atoms with Crippen molar-refractivity contribution in [3.8, 4) is 0 Å². The second-order valence-electron chi connectivity index (χ2n) is 3.69. The number of hydrogen-bond acceptors (Lipinski definition) is 2. The number of aryl methyl sites for hydroxylation is 1. The Hall–Kier alpha value is -1.19. The Morgan fingerprint density at radius 3 is 2.88 bits per heavy atom. The number of aromatic nitrogens is 2. The van der Waals surface area contributed by atoms with Crippen LogP contribution in [-0.2, 0) is 6.54 Å². The molecule has 0 saturated heterocycles. The summed E-state index contributed by atoms with van der Waals surface area (Å²) in [7, 11) is 0. The van der Waals surface area contributed by atoms with Gasteiger partial charge in [-0.1, -0.05) is 30.1 Å². The molecule has 1 aromatic carbocycles. The molecule has 5 heteroatoms. The highest BCUT2D eigenvalue weighted by Crippen LogP contribution is 2.27. The van der Waals surface area contributed by atoms with Crippen LogP contribution in [0.5, 0.6) is 0 Å². The molecule has 0 bridgehead atoms. The highest BCUT2D eigenvalue weighted by Gasteiger charge is 2.05. The van der Waals surface area contributed by atoms with E-state index in [2.05, 4.69) is 17.2 Å². The Morgan fingerprint density at radius 2 is 2.18 bits per heavy atom. The normalized spacial score (nSPS) is 10.5. The summed E-state index contributed by atoms with van der Waals surface area (Å²) in [6.07, 6.45) is 4.76. The highest BCUT2D eigenvalue weighted by atomic mass is 35.5. The first-order valence-electron chi connectivity index (χ1n) is 5.44. The molecule has 1 N–H and O–H groups in total. The van der Waals surface area contributed by atoms with Crippen molar-refractivity contribution < 1.29 is 0 Å². The summed E-state index contributed by atoms with van der Waals surface area (Å²) in [5, 5.41) is 4.40. The largest absolute Gasteiger partial charge is 0.324 e. The van der Waals surface area contributed by atoms with Crippen LogP contribution in [0.1, 0.15) is 13.3 Å². The van der Waals surface area contributed by atoms with E-state index in [1.807, 2.05) is 16.8 Å². The fraction of sp³-hybridized carbons (Fsp3) is 0.250. The Kier molecular flexibility index (Phi) is 3.92. The monoisotopic (exact) mass is 269 g/mol. The molecule has 0 fully saturated rings. The molecule has 0 atom stereocenters. The summed E-state index contributed by atoms with van der Waals surface area (Å²) in [6.45, 7) is 3.05. The summed E-state index contributed by atoms with van der Waals surface area (Å²) in [4.78, 5) is 4.25. The zero-order chi connectivity index (χ0) is 12.3. The van der Waals surface area contributed by atoms with Crippen molar-refractivity contribution >= 4 is 34.8 Å². The van der Waals surface area contributed by atoms with Crippen molar-refractivity contribution in [2.24, 2.45) is 0 Å². The van der Waals surface area contributed by atoms with Crippen molar-refractivity contribution in [2.75, 3.05) is 5.32 Å². The first kappa shape index (κ1) is 12.3. The molecule has 0 aliphatic rings. The molecule has 0 saturated carbocycles. The van der Waals surface area contributed by atoms with Gasteiger partial charge in [0.05, 0.1) is 10.7 Å². The van der Waals surface area contributed by atoms with Crippen LogP contribution < -0.4 is 5.32 Å². The number of benzene rings is 1. The van der Waals surface area contributed by atoms with Gasteiger partial charge in [-0.2, -0.15) is 0 Å². The Morgan fingerprint density at radius 1 is 1.35 bits per heavy atom. The molecule has 3 nitrogen and oxygen atoms in total. The SMILES string of the molecule is CCCn1ccnc1Nc1ccc(Cl)cc1Cl. The van der Waals surface area contributed by atoms with Gasteiger partial charge in [-0.15, -0.1) is 0 Å². The van der Waals surface area contributed by atoms with Crippen molar-refractivity contribution in [3.05, 3.63) is 40.6 Å². The van der Waals surface area contributed by atoms with E-state index in [1.165, 1.54) is 0 Å². The average molecular weight is 270 g/mol. The van der Waals surface area contributed by atoms with Crippen LogP contribution in [0, 0.1) is 0 Å². The zero-order valence-electron chi connectivity index (χ0n) is 9.45. The maximum absolute atomic E-state index is 6.09. The van der Waals surface area contributed by atoms with Gasteiger partial charge in [0.15, 0.2) is 0 Å². The van der Waals surface area contributed by atoms with Crippen LogP contribution >= 0.6 is 23.2 Å². The third kappa shape index (κ3) is 2.93. The van der Waals surface area contributed by atoms with Gasteiger partial charge < -0.3 is 9.88 Å². The topological polar surface area (TPSA) is 29.9 Å². The molecule has 0 aliphatic carbocycles. The fourth-order valence-corrected chi connectivity index (χ4v) is 2.02. The Labute approximate surface area is 110 Å². The van der Waals surface area contributed by atoms with Crippen molar-refractivity contribution in [2.45, 2.75) is 19.9 Å². The maximum atomic E-state index is 6.09. The van der Waals surface area contributed by atoms with Crippen LogP contribution in [0.2, 0.25) is 10.0 Å². The molecule has 1 aromatic heterocycles. The smallest absolute Gasteiger partial charge is 0.207 e. The quantitative estimate of drug-likeness (QED) is 0.895. The Bertz CT molecular complexity index is 508. The summed E-state index contributed by atoms with van der Waals surface area (Å²) in [6, 6.07) is 5.34. The summed E-state index contributed by atoms with van der Waals surface area (Å²) in [5.41, 5.74) is 0.805. The minimum atomic E-state index is 0.587. The summed E-state index contributed by atoms with van der Waals surface area (Å²) in [5.74, 6) is 0.788. The lowest BCUT2D eigenvalue weighted by Crippen LogP contribution is -2.02. The van der Waals surface area contributed by atoms with E-state index >= 15 is 0 Å². The van der Waals surface area contributed by atoms with Gasteiger partial charge in [0, 0.05) is 24.0 Å². The van der Waals surface area contributed by atoms with E-state index in [4.69, 9.17) is 23.2 Å². The first-order valence-corrected chi connectivity index (χ1v) is 6.19. The van der Waals surface area contributed by atoms with Gasteiger partial charge >= 0.3 is 0 Å². The van der Waals surface area contributed by atoms with Gasteiger partial charge in [-0.3, -0.25) is 0 Å². The van der Waals surface area contributed by atoms with Crippen LogP contribution in [0.4, 0.5) is 11.6 Å². The lowest BCUT2D eigenvalue weighted by Gasteiger charge is -2.10. The number of imidazole rings is 1. The van der Waals surface area contributed by atoms with Crippen molar-refractivity contribution in [3.63, 3.8) is 0 Å². The van der Waals surface area contributed by atoms with Gasteiger partial charge in [-0.05, 0) is 24.6 Å². The van der Waals surface area contributed by atoms with Gasteiger partial charge in [0.25, 0.3) is 0 Å². The zero-order valence-corrected chi connectivity index (χ0v) is 11.0. The molecule has 0 amide bonds. The third-order valence-corrected chi connectivity index (χ3v) is 2.91. The standard InChI is InChI=1S/C12H13Cl2N3/c1-2-6-17-7-5-15-12(17)16-11-4-3-9(13)8-10(11)14/h3-5,7-8H,2,6H2,1H3,(H,15,16). The molecule has 1 heterocycles.